The molecule has 2 aromatic rings. The molecule has 2 aliphatic rings. The minimum atomic E-state index is -0.0577. The van der Waals surface area contributed by atoms with Crippen molar-refractivity contribution in [2.75, 3.05) is 39.6 Å². The maximum absolute atomic E-state index is 12.6. The topological polar surface area (TPSA) is 60.0 Å². The minimum Gasteiger partial charge on any atom is -0.454 e. The van der Waals surface area contributed by atoms with Crippen LogP contribution in [0.3, 0.4) is 0 Å². The van der Waals surface area contributed by atoms with Crippen LogP contribution in [0, 0.1) is 6.92 Å². The van der Waals surface area contributed by atoms with Crippen molar-refractivity contribution in [3.63, 3.8) is 0 Å². The Morgan fingerprint density at radius 3 is 2.74 bits per heavy atom. The van der Waals surface area contributed by atoms with Gasteiger partial charge in [-0.05, 0) is 36.8 Å². The highest BCUT2D eigenvalue weighted by Crippen LogP contribution is 2.35. The first-order chi connectivity index (χ1) is 13.2. The molecule has 1 N–H and O–H groups in total. The molecule has 0 spiro atoms. The number of nitrogens with one attached hydrogen (secondary N) is 1. The Kier molecular flexibility index (Phi) is 5.27. The predicted octanol–water partition coefficient (Wildman–Crippen LogP) is 2.53. The normalized spacial score (nSPS) is 17.5. The molecule has 0 saturated carbocycles. The summed E-state index contributed by atoms with van der Waals surface area (Å²) < 4.78 is 16.4. The van der Waals surface area contributed by atoms with Crippen LogP contribution < -0.4 is 14.8 Å². The highest BCUT2D eigenvalue weighted by molar-refractivity contribution is 5.94. The van der Waals surface area contributed by atoms with Gasteiger partial charge in [0.15, 0.2) is 11.5 Å². The Hall–Kier alpha value is -2.57. The van der Waals surface area contributed by atoms with Crippen LogP contribution in [0.25, 0.3) is 0 Å². The van der Waals surface area contributed by atoms with E-state index in [1.165, 1.54) is 0 Å². The lowest BCUT2D eigenvalue weighted by atomic mass is 10.0. The second-order valence-electron chi connectivity index (χ2n) is 6.86. The average molecular weight is 368 g/mol. The molecule has 2 aromatic carbocycles. The molecule has 6 heteroatoms. The lowest BCUT2D eigenvalue weighted by Gasteiger charge is -2.35. The summed E-state index contributed by atoms with van der Waals surface area (Å²) in [6.45, 7) is 5.83. The zero-order valence-electron chi connectivity index (χ0n) is 15.4. The van der Waals surface area contributed by atoms with E-state index in [1.54, 1.807) is 0 Å². The summed E-state index contributed by atoms with van der Waals surface area (Å²) in [7, 11) is 0. The summed E-state index contributed by atoms with van der Waals surface area (Å²) in [6, 6.07) is 13.7. The third-order valence-corrected chi connectivity index (χ3v) is 5.00. The standard InChI is InChI=1S/C21H24N2O4/c1-15-3-2-4-17(11-15)21(24)22-13-18(23-7-9-25-10-8-23)16-5-6-19-20(12-16)27-14-26-19/h2-6,11-12,18H,7-10,13-14H2,1H3,(H,22,24)/t18-/m0/s1. The van der Waals surface area contributed by atoms with E-state index >= 15 is 0 Å². The molecule has 1 fully saturated rings. The molecule has 1 atom stereocenters. The van der Waals surface area contributed by atoms with E-state index in [-0.39, 0.29) is 18.7 Å². The Morgan fingerprint density at radius 1 is 1.11 bits per heavy atom. The van der Waals surface area contributed by atoms with Crippen molar-refractivity contribution in [2.45, 2.75) is 13.0 Å². The third-order valence-electron chi connectivity index (χ3n) is 5.00. The van der Waals surface area contributed by atoms with E-state index in [1.807, 2.05) is 49.4 Å². The van der Waals surface area contributed by atoms with Crippen LogP contribution in [0.1, 0.15) is 27.5 Å². The SMILES string of the molecule is Cc1cccc(C(=O)NC[C@@H](c2ccc3c(c2)OCO3)N2CCOCC2)c1. The highest BCUT2D eigenvalue weighted by Gasteiger charge is 2.25. The van der Waals surface area contributed by atoms with Crippen LogP contribution in [-0.4, -0.2) is 50.4 Å². The quantitative estimate of drug-likeness (QED) is 0.879. The fourth-order valence-electron chi connectivity index (χ4n) is 3.55. The van der Waals surface area contributed by atoms with Crippen LogP contribution in [0.2, 0.25) is 0 Å². The summed E-state index contributed by atoms with van der Waals surface area (Å²) >= 11 is 0. The first-order valence-electron chi connectivity index (χ1n) is 9.27. The summed E-state index contributed by atoms with van der Waals surface area (Å²) in [6.07, 6.45) is 0. The summed E-state index contributed by atoms with van der Waals surface area (Å²) in [4.78, 5) is 14.9. The Bertz CT molecular complexity index is 818. The number of carbonyl (C=O) groups excluding carboxylic acids is 1. The highest BCUT2D eigenvalue weighted by atomic mass is 16.7. The van der Waals surface area contributed by atoms with Crippen molar-refractivity contribution in [3.05, 3.63) is 59.2 Å². The van der Waals surface area contributed by atoms with Gasteiger partial charge in [-0.25, -0.2) is 0 Å². The van der Waals surface area contributed by atoms with E-state index in [0.717, 1.165) is 35.7 Å². The lowest BCUT2D eigenvalue weighted by Crippen LogP contribution is -2.43. The van der Waals surface area contributed by atoms with Crippen LogP contribution in [0.5, 0.6) is 11.5 Å². The van der Waals surface area contributed by atoms with Crippen LogP contribution in [0.15, 0.2) is 42.5 Å². The van der Waals surface area contributed by atoms with Crippen molar-refractivity contribution in [1.82, 2.24) is 10.2 Å². The van der Waals surface area contributed by atoms with Gasteiger partial charge in [0.1, 0.15) is 0 Å². The lowest BCUT2D eigenvalue weighted by molar-refractivity contribution is 0.0162. The van der Waals surface area contributed by atoms with Crippen LogP contribution >= 0.6 is 0 Å². The molecule has 142 valence electrons. The van der Waals surface area contributed by atoms with Crippen molar-refractivity contribution >= 4 is 5.91 Å². The van der Waals surface area contributed by atoms with E-state index < -0.39 is 0 Å². The predicted molar refractivity (Wildman–Crippen MR) is 101 cm³/mol. The molecule has 0 aliphatic carbocycles. The van der Waals surface area contributed by atoms with Crippen molar-refractivity contribution in [1.29, 1.82) is 0 Å². The number of rotatable bonds is 5. The molecule has 27 heavy (non-hydrogen) atoms. The molecule has 1 amide bonds. The molecule has 4 rings (SSSR count). The fourth-order valence-corrected chi connectivity index (χ4v) is 3.55. The van der Waals surface area contributed by atoms with Gasteiger partial charge in [0.25, 0.3) is 5.91 Å². The number of nitrogens with zero attached hydrogens (tertiary/aromatic N) is 1. The largest absolute Gasteiger partial charge is 0.454 e. The van der Waals surface area contributed by atoms with E-state index in [0.29, 0.717) is 25.3 Å². The zero-order valence-corrected chi connectivity index (χ0v) is 15.4. The van der Waals surface area contributed by atoms with Crippen LogP contribution in [0.4, 0.5) is 0 Å². The molecular formula is C21H24N2O4. The molecule has 2 aliphatic heterocycles. The second-order valence-corrected chi connectivity index (χ2v) is 6.86. The maximum atomic E-state index is 12.6. The number of benzene rings is 2. The van der Waals surface area contributed by atoms with Crippen molar-refractivity contribution in [3.8, 4) is 11.5 Å². The van der Waals surface area contributed by atoms with E-state index in [9.17, 15) is 4.79 Å². The average Bonchev–Trinajstić information content (AvgIpc) is 3.17. The summed E-state index contributed by atoms with van der Waals surface area (Å²) in [5, 5.41) is 3.10. The first kappa shape index (κ1) is 17.8. The number of carbonyl (C=O) groups is 1. The maximum Gasteiger partial charge on any atom is 0.251 e. The molecule has 0 bridgehead atoms. The number of fused-ring (bicyclic) bond motifs is 1. The van der Waals surface area contributed by atoms with Gasteiger partial charge in [-0.15, -0.1) is 0 Å². The zero-order chi connectivity index (χ0) is 18.6. The molecule has 0 aromatic heterocycles. The molecule has 2 heterocycles. The number of amides is 1. The molecule has 6 nitrogen and oxygen atoms in total. The number of morpholine rings is 1. The van der Waals surface area contributed by atoms with Gasteiger partial charge in [0, 0.05) is 25.2 Å². The van der Waals surface area contributed by atoms with Gasteiger partial charge in [0.2, 0.25) is 6.79 Å². The molecular weight excluding hydrogens is 344 g/mol. The van der Waals surface area contributed by atoms with E-state index in [4.69, 9.17) is 14.2 Å². The van der Waals surface area contributed by atoms with Gasteiger partial charge >= 0.3 is 0 Å². The number of ether oxygens (including phenoxy) is 3. The monoisotopic (exact) mass is 368 g/mol. The third kappa shape index (κ3) is 4.07. The number of aryl methyl sites for hydroxylation is 1. The Labute approximate surface area is 159 Å². The van der Waals surface area contributed by atoms with Gasteiger partial charge in [0.05, 0.1) is 19.3 Å². The van der Waals surface area contributed by atoms with Gasteiger partial charge in [-0.3, -0.25) is 9.69 Å². The second kappa shape index (κ2) is 7.98. The van der Waals surface area contributed by atoms with Crippen molar-refractivity contribution in [2.24, 2.45) is 0 Å². The van der Waals surface area contributed by atoms with Gasteiger partial charge in [-0.2, -0.15) is 0 Å². The van der Waals surface area contributed by atoms with Gasteiger partial charge in [-0.1, -0.05) is 23.8 Å². The van der Waals surface area contributed by atoms with Gasteiger partial charge < -0.3 is 19.5 Å². The molecule has 0 radical (unpaired) electrons. The van der Waals surface area contributed by atoms with Crippen molar-refractivity contribution < 1.29 is 19.0 Å². The Morgan fingerprint density at radius 2 is 1.93 bits per heavy atom. The molecule has 0 unspecified atom stereocenters. The smallest absolute Gasteiger partial charge is 0.251 e. The number of hydrogen-bond acceptors (Lipinski definition) is 5. The summed E-state index contributed by atoms with van der Waals surface area (Å²) in [5.74, 6) is 1.47. The van der Waals surface area contributed by atoms with Crippen LogP contribution in [-0.2, 0) is 4.74 Å². The summed E-state index contributed by atoms with van der Waals surface area (Å²) in [5.41, 5.74) is 2.86. The van der Waals surface area contributed by atoms with E-state index in [2.05, 4.69) is 10.2 Å². The first-order valence-corrected chi connectivity index (χ1v) is 9.27. The number of hydrogen-bond donors (Lipinski definition) is 1. The fraction of sp³-hybridized carbons (Fsp3) is 0.381. The Balaban J connectivity index is 1.52. The minimum absolute atomic E-state index is 0.0529. The molecule has 1 saturated heterocycles.